The van der Waals surface area contributed by atoms with E-state index in [-0.39, 0.29) is 17.1 Å². The van der Waals surface area contributed by atoms with Crippen LogP contribution in [0.3, 0.4) is 0 Å². The summed E-state index contributed by atoms with van der Waals surface area (Å²) in [6.07, 6.45) is 1.06. The molecule has 1 aliphatic rings. The molecule has 0 spiro atoms. The van der Waals surface area contributed by atoms with E-state index in [1.807, 2.05) is 24.3 Å². The maximum Gasteiger partial charge on any atom is 0 e. The van der Waals surface area contributed by atoms with Crippen molar-refractivity contribution in [2.24, 2.45) is 4.99 Å². The Morgan fingerprint density at radius 1 is 1.21 bits per heavy atom. The molecule has 0 aromatic heterocycles. The third-order valence-electron chi connectivity index (χ3n) is 2.09. The zero-order valence-electron chi connectivity index (χ0n) is 10.3. The van der Waals surface area contributed by atoms with E-state index in [0.29, 0.717) is 6.04 Å². The van der Waals surface area contributed by atoms with Crippen LogP contribution in [0.15, 0.2) is 29.3 Å². The molecular weight excluding hydrogens is 289 g/mol. The number of hydrogen-bond donors (Lipinski definition) is 0. The molecule has 1 atom stereocenters. The molecule has 101 valence electrons. The van der Waals surface area contributed by atoms with E-state index < -0.39 is 0 Å². The van der Waals surface area contributed by atoms with Crippen LogP contribution in [-0.4, -0.2) is 18.5 Å². The van der Waals surface area contributed by atoms with Crippen molar-refractivity contribution in [3.63, 3.8) is 0 Å². The van der Waals surface area contributed by atoms with Gasteiger partial charge in [0.2, 0.25) is 0 Å². The van der Waals surface area contributed by atoms with Gasteiger partial charge in [-0.25, -0.2) is 12.1 Å². The van der Waals surface area contributed by atoms with Gasteiger partial charge in [0.25, 0.3) is 0 Å². The van der Waals surface area contributed by atoms with Crippen LogP contribution >= 0.6 is 0 Å². The van der Waals surface area contributed by atoms with Crippen LogP contribution in [-0.2, 0) is 35.8 Å². The molecule has 1 aliphatic heterocycles. The molecular formula is C13H12MnNO4-. The summed E-state index contributed by atoms with van der Waals surface area (Å²) in [5, 5.41) is 0. The van der Waals surface area contributed by atoms with Gasteiger partial charge in [0.1, 0.15) is 6.61 Å². The summed E-state index contributed by atoms with van der Waals surface area (Å²) in [5.74, 6) is 0.812. The Balaban J connectivity index is -0.000000325. The summed E-state index contributed by atoms with van der Waals surface area (Å²) in [6.45, 7) is 16.4. The molecule has 0 bridgehead atoms. The first-order valence-corrected chi connectivity index (χ1v) is 4.94. The summed E-state index contributed by atoms with van der Waals surface area (Å²) in [4.78, 5) is 4.44. The third-order valence-corrected chi connectivity index (χ3v) is 2.09. The van der Waals surface area contributed by atoms with Crippen LogP contribution in [0, 0.1) is 20.0 Å². The van der Waals surface area contributed by atoms with Crippen molar-refractivity contribution in [3.8, 4) is 0 Å². The van der Waals surface area contributed by atoms with Gasteiger partial charge in [-0.05, 0) is 6.42 Å². The molecule has 1 unspecified atom stereocenters. The second kappa shape index (κ2) is 16.6. The van der Waals surface area contributed by atoms with Crippen LogP contribution in [0.2, 0.25) is 0 Å². The molecule has 2 rings (SSSR count). The predicted octanol–water partition coefficient (Wildman–Crippen LogP) is 1.85. The third kappa shape index (κ3) is 8.30. The van der Waals surface area contributed by atoms with Gasteiger partial charge in [0, 0.05) is 17.1 Å². The maximum atomic E-state index is 7.50. The number of rotatable bonds is 2. The van der Waals surface area contributed by atoms with Gasteiger partial charge in [0.15, 0.2) is 5.90 Å². The first-order valence-electron chi connectivity index (χ1n) is 4.94. The fourth-order valence-electron chi connectivity index (χ4n) is 1.30. The van der Waals surface area contributed by atoms with Crippen molar-refractivity contribution in [1.82, 2.24) is 0 Å². The normalized spacial score (nSPS) is 14.3. The van der Waals surface area contributed by atoms with Gasteiger partial charge in [-0.2, -0.15) is 12.1 Å². The molecule has 5 nitrogen and oxygen atoms in total. The average molecular weight is 301 g/mol. The summed E-state index contributed by atoms with van der Waals surface area (Å²) < 4.78 is 28.0. The van der Waals surface area contributed by atoms with Crippen molar-refractivity contribution < 1.29 is 35.8 Å². The SMILES string of the molecule is CCC1COC([c-]2cccc2)=N1.[C-]#[O+].[C-]#[O+].[C-]#[O+].[Mn]. The molecule has 1 radical (unpaired) electrons. The Morgan fingerprint density at radius 2 is 1.68 bits per heavy atom. The van der Waals surface area contributed by atoms with Crippen molar-refractivity contribution in [1.29, 1.82) is 0 Å². The zero-order valence-corrected chi connectivity index (χ0v) is 11.4. The maximum absolute atomic E-state index is 7.50. The Morgan fingerprint density at radius 3 is 2.05 bits per heavy atom. The first kappa shape index (κ1) is 22.7. The molecule has 1 heterocycles. The van der Waals surface area contributed by atoms with E-state index in [1.54, 1.807) is 0 Å². The number of hydrogen-bond acceptors (Lipinski definition) is 2. The van der Waals surface area contributed by atoms with E-state index in [2.05, 4.69) is 31.9 Å². The zero-order chi connectivity index (χ0) is 14.4. The minimum atomic E-state index is 0. The van der Waals surface area contributed by atoms with Crippen LogP contribution < -0.4 is 0 Å². The fourth-order valence-corrected chi connectivity index (χ4v) is 1.30. The molecule has 19 heavy (non-hydrogen) atoms. The molecule has 0 amide bonds. The fraction of sp³-hybridized carbons (Fsp3) is 0.308. The van der Waals surface area contributed by atoms with Crippen molar-refractivity contribution in [2.75, 3.05) is 6.61 Å². The molecule has 1 aromatic carbocycles. The monoisotopic (exact) mass is 301 g/mol. The average Bonchev–Trinajstić information content (AvgIpc) is 3.16. The standard InChI is InChI=1S/C10H12NO.3CO.Mn/c1-2-9-7-12-10(11-9)8-5-3-4-6-8;3*1-2;/h3-6,9H,2,7H2,1H3;;;;/q-1;;;;. The Hall–Kier alpha value is -1.44. The Bertz CT molecular complexity index is 378. The van der Waals surface area contributed by atoms with Crippen molar-refractivity contribution >= 4 is 5.90 Å². The molecule has 0 saturated carbocycles. The first-order chi connectivity index (χ1) is 8.90. The van der Waals surface area contributed by atoms with Crippen molar-refractivity contribution in [3.05, 3.63) is 49.8 Å². The molecule has 0 N–H and O–H groups in total. The number of nitrogens with zero attached hydrogens (tertiary/aromatic N) is 1. The van der Waals surface area contributed by atoms with Crippen LogP contribution in [0.5, 0.6) is 0 Å². The molecule has 0 saturated heterocycles. The van der Waals surface area contributed by atoms with Crippen LogP contribution in [0.4, 0.5) is 0 Å². The summed E-state index contributed by atoms with van der Waals surface area (Å²) in [6, 6.07) is 8.42. The van der Waals surface area contributed by atoms with Gasteiger partial charge in [-0.1, -0.05) is 12.5 Å². The van der Waals surface area contributed by atoms with Gasteiger partial charge in [-0.3, -0.25) is 4.99 Å². The van der Waals surface area contributed by atoms with E-state index in [9.17, 15) is 0 Å². The minimum Gasteiger partial charge on any atom is 0 e. The second-order valence-corrected chi connectivity index (χ2v) is 2.98. The molecule has 0 fully saturated rings. The summed E-state index contributed by atoms with van der Waals surface area (Å²) >= 11 is 0. The smallest absolute Gasteiger partial charge is 0 e. The molecule has 0 aliphatic carbocycles. The van der Waals surface area contributed by atoms with E-state index in [0.717, 1.165) is 24.5 Å². The molecule has 6 heteroatoms. The van der Waals surface area contributed by atoms with Gasteiger partial charge < -0.3 is 4.74 Å². The van der Waals surface area contributed by atoms with Gasteiger partial charge >= 0.3 is 33.9 Å². The Labute approximate surface area is 123 Å². The predicted molar refractivity (Wildman–Crippen MR) is 60.4 cm³/mol. The van der Waals surface area contributed by atoms with E-state index >= 15 is 0 Å². The van der Waals surface area contributed by atoms with Crippen molar-refractivity contribution in [2.45, 2.75) is 19.4 Å². The molecule has 1 aromatic rings. The largest absolute Gasteiger partial charge is 0 e. The van der Waals surface area contributed by atoms with Gasteiger partial charge in [-0.15, -0.1) is 0 Å². The van der Waals surface area contributed by atoms with Crippen LogP contribution in [0.25, 0.3) is 0 Å². The quantitative estimate of drug-likeness (QED) is 0.466. The van der Waals surface area contributed by atoms with E-state index in [1.165, 1.54) is 0 Å². The number of ether oxygens (including phenoxy) is 1. The van der Waals surface area contributed by atoms with Crippen LogP contribution in [0.1, 0.15) is 18.9 Å². The Kier molecular flexibility index (Phi) is 19.8. The second-order valence-electron chi connectivity index (χ2n) is 2.98. The van der Waals surface area contributed by atoms with Gasteiger partial charge in [0.05, 0.1) is 6.04 Å². The number of aliphatic imine (C=N–C) groups is 1. The van der Waals surface area contributed by atoms with E-state index in [4.69, 9.17) is 18.7 Å². The summed E-state index contributed by atoms with van der Waals surface area (Å²) in [7, 11) is 0. The minimum absolute atomic E-state index is 0. The topological polar surface area (TPSA) is 81.3 Å². The summed E-state index contributed by atoms with van der Waals surface area (Å²) in [5.41, 5.74) is 1.10.